The van der Waals surface area contributed by atoms with Crippen LogP contribution in [0.25, 0.3) is 0 Å². The second-order valence-electron chi connectivity index (χ2n) is 5.09. The van der Waals surface area contributed by atoms with Gasteiger partial charge in [0.05, 0.1) is 26.1 Å². The van der Waals surface area contributed by atoms with Crippen LogP contribution in [-0.4, -0.2) is 12.1 Å². The molecule has 0 amide bonds. The smallest absolute Gasteiger partial charge is 0.133 e. The number of rotatable bonds is 6. The predicted octanol–water partition coefficient (Wildman–Crippen LogP) is 5.66. The highest BCUT2D eigenvalue weighted by Gasteiger charge is 2.12. The van der Waals surface area contributed by atoms with Gasteiger partial charge in [0.2, 0.25) is 0 Å². The van der Waals surface area contributed by atoms with Gasteiger partial charge in [0.15, 0.2) is 0 Å². The van der Waals surface area contributed by atoms with E-state index >= 15 is 0 Å². The number of para-hydroxylation sites is 3. The van der Waals surface area contributed by atoms with E-state index in [4.69, 9.17) is 11.1 Å². The Morgan fingerprint density at radius 2 is 1.56 bits per heavy atom. The van der Waals surface area contributed by atoms with Crippen molar-refractivity contribution in [3.05, 3.63) is 65.5 Å². The summed E-state index contributed by atoms with van der Waals surface area (Å²) in [6.45, 7) is 0. The lowest BCUT2D eigenvalue weighted by atomic mass is 10.2. The zero-order valence-corrected chi connectivity index (χ0v) is 16.0. The normalized spacial score (nSPS) is 9.96. The lowest BCUT2D eigenvalue weighted by Crippen LogP contribution is -2.08. The molecule has 2 aromatic carbocycles. The molecular formula is C18H19ClN4S2. The van der Waals surface area contributed by atoms with Crippen molar-refractivity contribution >= 4 is 64.1 Å². The van der Waals surface area contributed by atoms with E-state index in [1.807, 2.05) is 66.9 Å². The summed E-state index contributed by atoms with van der Waals surface area (Å²) in [6.07, 6.45) is 2.02. The van der Waals surface area contributed by atoms with E-state index in [1.54, 1.807) is 11.8 Å². The summed E-state index contributed by atoms with van der Waals surface area (Å²) in [6, 6.07) is 20.0. The zero-order valence-electron chi connectivity index (χ0n) is 13.6. The molecule has 0 unspecified atom stereocenters. The van der Waals surface area contributed by atoms with Gasteiger partial charge in [-0.25, -0.2) is 0 Å². The number of thiophene rings is 1. The fourth-order valence-electron chi connectivity index (χ4n) is 2.27. The van der Waals surface area contributed by atoms with E-state index in [-0.39, 0.29) is 18.2 Å². The van der Waals surface area contributed by atoms with E-state index in [1.165, 1.54) is 11.3 Å². The fraction of sp³-hybridized carbons (Fsp3) is 0.0556. The van der Waals surface area contributed by atoms with Crippen LogP contribution in [0.3, 0.4) is 0 Å². The third kappa shape index (κ3) is 4.69. The first-order chi connectivity index (χ1) is 11.7. The summed E-state index contributed by atoms with van der Waals surface area (Å²) < 4.78 is 1.11. The minimum atomic E-state index is 0. The Kier molecular flexibility index (Phi) is 6.75. The van der Waals surface area contributed by atoms with Crippen LogP contribution in [0.1, 0.15) is 4.88 Å². The predicted molar refractivity (Wildman–Crippen MR) is 114 cm³/mol. The Hall–Kier alpha value is -2.15. The quantitative estimate of drug-likeness (QED) is 0.249. The maximum absolute atomic E-state index is 7.63. The Morgan fingerprint density at radius 1 is 0.960 bits per heavy atom. The molecule has 1 aromatic heterocycles. The number of nitrogen functional groups attached to an aromatic ring is 1. The lowest BCUT2D eigenvalue weighted by molar-refractivity contribution is 1.45. The molecule has 0 radical (unpaired) electrons. The zero-order chi connectivity index (χ0) is 16.9. The molecule has 25 heavy (non-hydrogen) atoms. The van der Waals surface area contributed by atoms with Gasteiger partial charge in [0, 0.05) is 5.69 Å². The first-order valence-electron chi connectivity index (χ1n) is 7.37. The van der Waals surface area contributed by atoms with Crippen LogP contribution in [-0.2, 0) is 0 Å². The van der Waals surface area contributed by atoms with E-state index in [2.05, 4.69) is 10.6 Å². The maximum atomic E-state index is 7.63. The number of benzene rings is 2. The molecule has 130 valence electrons. The summed E-state index contributed by atoms with van der Waals surface area (Å²) in [5.41, 5.74) is 9.59. The number of amidine groups is 1. The molecule has 0 fully saturated rings. The maximum Gasteiger partial charge on any atom is 0.133 e. The van der Waals surface area contributed by atoms with Crippen molar-refractivity contribution in [2.45, 2.75) is 4.21 Å². The highest BCUT2D eigenvalue weighted by atomic mass is 35.5. The van der Waals surface area contributed by atoms with Crippen LogP contribution < -0.4 is 16.4 Å². The monoisotopic (exact) mass is 390 g/mol. The molecular weight excluding hydrogens is 372 g/mol. The van der Waals surface area contributed by atoms with Crippen LogP contribution in [0.5, 0.6) is 0 Å². The van der Waals surface area contributed by atoms with Gasteiger partial charge in [-0.15, -0.1) is 35.5 Å². The van der Waals surface area contributed by atoms with Gasteiger partial charge in [-0.1, -0.05) is 30.3 Å². The average Bonchev–Trinajstić information content (AvgIpc) is 3.01. The molecule has 5 N–H and O–H groups in total. The fourth-order valence-corrected chi connectivity index (χ4v) is 3.91. The van der Waals surface area contributed by atoms with Gasteiger partial charge in [-0.2, -0.15) is 0 Å². The summed E-state index contributed by atoms with van der Waals surface area (Å²) >= 11 is 3.17. The Balaban J connectivity index is 0.00000225. The number of halogens is 1. The minimum Gasteiger partial charge on any atom is -0.383 e. The molecule has 0 atom stereocenters. The van der Waals surface area contributed by atoms with Gasteiger partial charge >= 0.3 is 0 Å². The van der Waals surface area contributed by atoms with Crippen molar-refractivity contribution in [3.8, 4) is 0 Å². The largest absolute Gasteiger partial charge is 0.383 e. The third-order valence-electron chi connectivity index (χ3n) is 3.40. The van der Waals surface area contributed by atoms with Crippen LogP contribution >= 0.6 is 35.5 Å². The average molecular weight is 391 g/mol. The van der Waals surface area contributed by atoms with E-state index in [0.717, 1.165) is 31.8 Å². The molecule has 3 rings (SSSR count). The van der Waals surface area contributed by atoms with Gasteiger partial charge in [-0.05, 0) is 36.6 Å². The second-order valence-corrected chi connectivity index (χ2v) is 7.22. The summed E-state index contributed by atoms with van der Waals surface area (Å²) in [7, 11) is 0. The molecule has 0 aliphatic heterocycles. The number of anilines is 4. The Labute approximate surface area is 161 Å². The highest BCUT2D eigenvalue weighted by Crippen LogP contribution is 2.38. The van der Waals surface area contributed by atoms with Crippen LogP contribution in [0, 0.1) is 5.41 Å². The molecule has 3 aromatic rings. The van der Waals surface area contributed by atoms with Crippen LogP contribution in [0.4, 0.5) is 22.7 Å². The molecule has 0 saturated carbocycles. The summed E-state index contributed by atoms with van der Waals surface area (Å²) in [5, 5.41) is 14.5. The number of nitrogens with one attached hydrogen (secondary N) is 3. The Bertz CT molecular complexity index is 849. The minimum absolute atomic E-state index is 0. The SMILES string of the molecule is CSc1sc(C(=N)N)cc1Nc1ccccc1Nc1ccccc1.Cl. The van der Waals surface area contributed by atoms with E-state index < -0.39 is 0 Å². The molecule has 0 bridgehead atoms. The lowest BCUT2D eigenvalue weighted by Gasteiger charge is -2.14. The number of nitrogens with two attached hydrogens (primary N) is 1. The molecule has 1 heterocycles. The first-order valence-corrected chi connectivity index (χ1v) is 9.42. The Morgan fingerprint density at radius 3 is 2.16 bits per heavy atom. The molecule has 7 heteroatoms. The van der Waals surface area contributed by atoms with Gasteiger partial charge in [0.25, 0.3) is 0 Å². The van der Waals surface area contributed by atoms with Crippen LogP contribution in [0.2, 0.25) is 0 Å². The van der Waals surface area contributed by atoms with Gasteiger partial charge in [-0.3, -0.25) is 5.41 Å². The standard InChI is InChI=1S/C18H18N4S2.ClH/c1-23-18-15(11-16(24-18)17(19)20)22-14-10-6-5-9-13(14)21-12-7-3-2-4-8-12;/h2-11,21-22H,1H3,(H3,19,20);1H. The first kappa shape index (κ1) is 19.2. The van der Waals surface area contributed by atoms with Crippen molar-refractivity contribution in [1.29, 1.82) is 5.41 Å². The van der Waals surface area contributed by atoms with E-state index in [0.29, 0.717) is 0 Å². The van der Waals surface area contributed by atoms with Gasteiger partial charge < -0.3 is 16.4 Å². The van der Waals surface area contributed by atoms with Crippen LogP contribution in [0.15, 0.2) is 64.9 Å². The van der Waals surface area contributed by atoms with Crippen molar-refractivity contribution in [2.24, 2.45) is 5.73 Å². The van der Waals surface area contributed by atoms with E-state index in [9.17, 15) is 0 Å². The molecule has 0 saturated heterocycles. The summed E-state index contributed by atoms with van der Waals surface area (Å²) in [4.78, 5) is 0.773. The van der Waals surface area contributed by atoms with Crippen molar-refractivity contribution in [2.75, 3.05) is 16.9 Å². The second kappa shape index (κ2) is 8.80. The molecule has 0 aliphatic rings. The van der Waals surface area contributed by atoms with Crippen molar-refractivity contribution in [3.63, 3.8) is 0 Å². The van der Waals surface area contributed by atoms with Crippen molar-refractivity contribution < 1.29 is 0 Å². The summed E-state index contributed by atoms with van der Waals surface area (Å²) in [5.74, 6) is 0.0963. The highest BCUT2D eigenvalue weighted by molar-refractivity contribution is 8.00. The molecule has 0 aliphatic carbocycles. The van der Waals surface area contributed by atoms with Crippen molar-refractivity contribution in [1.82, 2.24) is 0 Å². The number of hydrogen-bond donors (Lipinski definition) is 4. The molecule has 0 spiro atoms. The number of thioether (sulfide) groups is 1. The third-order valence-corrected chi connectivity index (χ3v) is 5.70. The topological polar surface area (TPSA) is 73.9 Å². The number of hydrogen-bond acceptors (Lipinski definition) is 5. The molecule has 4 nitrogen and oxygen atoms in total. The van der Waals surface area contributed by atoms with Gasteiger partial charge in [0.1, 0.15) is 5.84 Å².